The van der Waals surface area contributed by atoms with Gasteiger partial charge in [-0.1, -0.05) is 0 Å². The number of hydrogen-bond donors (Lipinski definition) is 6. The van der Waals surface area contributed by atoms with E-state index in [9.17, 15) is 20.4 Å². The molecule has 0 aromatic heterocycles. The van der Waals surface area contributed by atoms with Crippen molar-refractivity contribution in [2.45, 2.75) is 55.6 Å². The number of nitrogens with one attached hydrogen (secondary N) is 1. The summed E-state index contributed by atoms with van der Waals surface area (Å²) in [5, 5.41) is 39.4. The molecule has 0 amide bonds. The van der Waals surface area contributed by atoms with Gasteiger partial charge in [0.2, 0.25) is 0 Å². The van der Waals surface area contributed by atoms with Crippen molar-refractivity contribution in [1.29, 1.82) is 0 Å². The summed E-state index contributed by atoms with van der Waals surface area (Å²) in [4.78, 5) is 0. The Morgan fingerprint density at radius 2 is 1.35 bits per heavy atom. The van der Waals surface area contributed by atoms with Crippen LogP contribution in [0.15, 0.2) is 0 Å². The van der Waals surface area contributed by atoms with Crippen LogP contribution in [-0.4, -0.2) is 58.4 Å². The molecule has 0 spiro atoms. The minimum absolute atomic E-state index is 0.00496. The van der Waals surface area contributed by atoms with Crippen LogP contribution in [0.1, 0.15) is 20.8 Å². The topological polar surface area (TPSA) is 119 Å². The molecule has 3 atom stereocenters. The summed E-state index contributed by atoms with van der Waals surface area (Å²) in [6.45, 7) is 6.19. The van der Waals surface area contributed by atoms with Crippen molar-refractivity contribution in [3.8, 4) is 0 Å². The molecular weight excluding hydrogens is 339 g/mol. The van der Waals surface area contributed by atoms with E-state index in [1.807, 2.05) is 0 Å². The molecule has 0 aliphatic carbocycles. The third kappa shape index (κ3) is 6.60. The Morgan fingerprint density at radius 1 is 0.950 bits per heavy atom. The summed E-state index contributed by atoms with van der Waals surface area (Å²) in [5.41, 5.74) is 5.60. The molecule has 7 N–H and O–H groups in total. The molecule has 0 bridgehead atoms. The summed E-state index contributed by atoms with van der Waals surface area (Å²) < 4.78 is 5.70. The maximum absolute atomic E-state index is 9.94. The standard InChI is InChI=1S/3C3H7O.C2H7N2.C2H5O.Zr/c3*1-3(2)4;3-1-2-4;1-2-3;/h3*3-4H,1H2,2H3;3H,1-2,4H2;3H,1-2H2;/q;;;-1;;+1. The fraction of sp³-hybridized carbons (Fsp3) is 1.00. The Morgan fingerprint density at radius 3 is 1.60 bits per heavy atom. The second kappa shape index (κ2) is 8.93. The Bertz CT molecular complexity index is 246. The summed E-state index contributed by atoms with van der Waals surface area (Å²) in [6.07, 6.45) is -1.60. The Hall–Kier alpha value is 0.643. The zero-order valence-electron chi connectivity index (χ0n) is 13.0. The number of aliphatic hydroxyl groups is 4. The first-order chi connectivity index (χ1) is 9.18. The first-order valence-corrected chi connectivity index (χ1v) is 15.7. The summed E-state index contributed by atoms with van der Waals surface area (Å²) in [6, 6.07) is 0. The quantitative estimate of drug-likeness (QED) is 0.303. The van der Waals surface area contributed by atoms with E-state index in [1.165, 1.54) is 0 Å². The van der Waals surface area contributed by atoms with E-state index < -0.39 is 37.4 Å². The van der Waals surface area contributed by atoms with E-state index in [-0.39, 0.29) is 6.61 Å². The van der Waals surface area contributed by atoms with Gasteiger partial charge in [0.05, 0.1) is 0 Å². The van der Waals surface area contributed by atoms with Gasteiger partial charge in [-0.2, -0.15) is 0 Å². The molecule has 0 aliphatic heterocycles. The van der Waals surface area contributed by atoms with Crippen molar-refractivity contribution in [1.82, 2.24) is 3.26 Å². The third-order valence-electron chi connectivity index (χ3n) is 4.03. The van der Waals surface area contributed by atoms with Crippen molar-refractivity contribution < 1.29 is 39.5 Å². The molecule has 0 aliphatic rings. The van der Waals surface area contributed by atoms with E-state index >= 15 is 0 Å². The molecular formula is C13H33N2O4Zr. The van der Waals surface area contributed by atoms with Gasteiger partial charge >= 0.3 is 124 Å². The Labute approximate surface area is 123 Å². The van der Waals surface area contributed by atoms with Gasteiger partial charge in [-0.25, -0.2) is 0 Å². The van der Waals surface area contributed by atoms with Crippen molar-refractivity contribution in [2.75, 3.05) is 19.7 Å². The molecule has 0 rings (SSSR count). The molecule has 0 saturated carbocycles. The molecule has 0 heterocycles. The van der Waals surface area contributed by atoms with Crippen LogP contribution in [0.4, 0.5) is 0 Å². The number of aliphatic hydroxyl groups excluding tert-OH is 4. The molecule has 0 saturated heterocycles. The normalized spacial score (nSPS) is 19.1. The van der Waals surface area contributed by atoms with Gasteiger partial charge in [-0.05, 0) is 0 Å². The Balaban J connectivity index is 5.63. The van der Waals surface area contributed by atoms with Crippen LogP contribution in [0, 0.1) is 0 Å². The van der Waals surface area contributed by atoms with Gasteiger partial charge in [0.25, 0.3) is 0 Å². The molecule has 123 valence electrons. The van der Waals surface area contributed by atoms with E-state index in [2.05, 4.69) is 3.26 Å². The van der Waals surface area contributed by atoms with Crippen LogP contribution < -0.4 is 8.99 Å². The first-order valence-electron chi connectivity index (χ1n) is 7.47. The van der Waals surface area contributed by atoms with Crippen molar-refractivity contribution in [2.24, 2.45) is 5.73 Å². The van der Waals surface area contributed by atoms with Gasteiger partial charge in [0.1, 0.15) is 0 Å². The molecule has 0 radical (unpaired) electrons. The molecule has 0 aromatic rings. The van der Waals surface area contributed by atoms with Crippen LogP contribution in [0.25, 0.3) is 0 Å². The number of rotatable bonds is 11. The van der Waals surface area contributed by atoms with Gasteiger partial charge in [-0.15, -0.1) is 0 Å². The average Bonchev–Trinajstić information content (AvgIpc) is 2.23. The minimum atomic E-state index is -3.93. The number of nitrogens with two attached hydrogens (primary N) is 1. The second-order valence-electron chi connectivity index (χ2n) is 6.56. The first kappa shape index (κ1) is 20.6. The van der Waals surface area contributed by atoms with Gasteiger partial charge in [-0.3, -0.25) is 0 Å². The zero-order chi connectivity index (χ0) is 15.8. The average molecular weight is 373 g/mol. The summed E-state index contributed by atoms with van der Waals surface area (Å²) >= 11 is -3.93. The maximum atomic E-state index is 9.94. The zero-order valence-corrected chi connectivity index (χ0v) is 15.5. The Kier molecular flexibility index (Phi) is 9.22. The van der Waals surface area contributed by atoms with E-state index in [4.69, 9.17) is 5.73 Å². The summed E-state index contributed by atoms with van der Waals surface area (Å²) in [7, 11) is 0. The van der Waals surface area contributed by atoms with E-state index in [0.29, 0.717) is 29.6 Å². The van der Waals surface area contributed by atoms with Crippen LogP contribution in [0.2, 0.25) is 16.5 Å². The van der Waals surface area contributed by atoms with E-state index in [1.54, 1.807) is 20.8 Å². The monoisotopic (exact) mass is 371 g/mol. The van der Waals surface area contributed by atoms with Crippen molar-refractivity contribution in [3.63, 3.8) is 0 Å². The SMILES string of the molecule is CC(O)[CH2][Zr]([CH2]CO)([CH2]C(C)O)([CH2]C(C)O)[NH]CCN. The van der Waals surface area contributed by atoms with Crippen molar-refractivity contribution >= 4 is 0 Å². The fourth-order valence-corrected chi connectivity index (χ4v) is 23.1. The van der Waals surface area contributed by atoms with Gasteiger partial charge < -0.3 is 0 Å². The van der Waals surface area contributed by atoms with Crippen LogP contribution in [0.5, 0.6) is 0 Å². The van der Waals surface area contributed by atoms with Gasteiger partial charge in [0, 0.05) is 0 Å². The molecule has 6 nitrogen and oxygen atoms in total. The molecule has 0 aromatic carbocycles. The fourth-order valence-electron chi connectivity index (χ4n) is 3.90. The second-order valence-corrected chi connectivity index (χ2v) is 22.5. The van der Waals surface area contributed by atoms with Crippen LogP contribution in [0.3, 0.4) is 0 Å². The molecule has 20 heavy (non-hydrogen) atoms. The van der Waals surface area contributed by atoms with Gasteiger partial charge in [0.15, 0.2) is 0 Å². The molecule has 3 unspecified atom stereocenters. The third-order valence-corrected chi connectivity index (χ3v) is 23.1. The van der Waals surface area contributed by atoms with E-state index in [0.717, 1.165) is 0 Å². The number of hydrogen-bond acceptors (Lipinski definition) is 6. The van der Waals surface area contributed by atoms with Crippen LogP contribution >= 0.6 is 0 Å². The summed E-state index contributed by atoms with van der Waals surface area (Å²) in [5.74, 6) is 0. The van der Waals surface area contributed by atoms with Crippen molar-refractivity contribution in [3.05, 3.63) is 0 Å². The molecule has 7 heteroatoms. The molecule has 0 fully saturated rings. The predicted octanol–water partition coefficient (Wildman–Crippen LogP) is -0.0528. The van der Waals surface area contributed by atoms with Crippen LogP contribution in [-0.2, 0) is 19.1 Å². The predicted molar refractivity (Wildman–Crippen MR) is 78.4 cm³/mol.